The number of aromatic nitrogens is 2. The zero-order valence-corrected chi connectivity index (χ0v) is 14.9. The minimum Gasteiger partial charge on any atom is -0.495 e. The molecule has 1 aromatic carbocycles. The van der Waals surface area contributed by atoms with E-state index in [4.69, 9.17) is 9.15 Å². The van der Waals surface area contributed by atoms with Crippen molar-refractivity contribution in [3.63, 3.8) is 0 Å². The standard InChI is InChI=1S/C15H15N3O4S2/c1-9-4-5-12(21-3)11(8-9)18-24(19,20)14-7-6-13(23-14)15-17-16-10(2)22-15/h4-8,18H,1-3H3. The fourth-order valence-corrected chi connectivity index (χ4v) is 4.36. The van der Waals surface area contributed by atoms with Gasteiger partial charge in [0, 0.05) is 6.92 Å². The Hall–Kier alpha value is -2.39. The van der Waals surface area contributed by atoms with Gasteiger partial charge in [-0.2, -0.15) is 0 Å². The lowest BCUT2D eigenvalue weighted by molar-refractivity contribution is 0.417. The second-order valence-corrected chi connectivity index (χ2v) is 8.05. The number of aryl methyl sites for hydroxylation is 2. The topological polar surface area (TPSA) is 94.3 Å². The van der Waals surface area contributed by atoms with Crippen molar-refractivity contribution in [1.82, 2.24) is 10.2 Å². The number of hydrogen-bond donors (Lipinski definition) is 1. The van der Waals surface area contributed by atoms with Crippen molar-refractivity contribution in [2.75, 3.05) is 11.8 Å². The number of nitrogens with one attached hydrogen (secondary N) is 1. The third-order valence-corrected chi connectivity index (χ3v) is 6.11. The minimum absolute atomic E-state index is 0.150. The van der Waals surface area contributed by atoms with Crippen LogP contribution in [0.4, 0.5) is 5.69 Å². The maximum Gasteiger partial charge on any atom is 0.271 e. The van der Waals surface area contributed by atoms with Gasteiger partial charge >= 0.3 is 0 Å². The Bertz CT molecular complexity index is 976. The van der Waals surface area contributed by atoms with Gasteiger partial charge in [-0.15, -0.1) is 21.5 Å². The number of benzene rings is 1. The number of thiophene rings is 1. The van der Waals surface area contributed by atoms with E-state index in [0.29, 0.717) is 28.1 Å². The van der Waals surface area contributed by atoms with Crippen LogP contribution in [0, 0.1) is 13.8 Å². The van der Waals surface area contributed by atoms with Crippen molar-refractivity contribution in [2.24, 2.45) is 0 Å². The predicted octanol–water partition coefficient (Wildman–Crippen LogP) is 3.22. The van der Waals surface area contributed by atoms with Gasteiger partial charge in [-0.05, 0) is 36.8 Å². The number of anilines is 1. The molecule has 2 heterocycles. The SMILES string of the molecule is COc1ccc(C)cc1NS(=O)(=O)c1ccc(-c2nnc(C)o2)s1. The number of nitrogens with zero attached hydrogens (tertiary/aromatic N) is 2. The van der Waals surface area contributed by atoms with Crippen LogP contribution in [-0.4, -0.2) is 25.7 Å². The predicted molar refractivity (Wildman–Crippen MR) is 90.9 cm³/mol. The molecule has 0 radical (unpaired) electrons. The van der Waals surface area contributed by atoms with Gasteiger partial charge in [-0.1, -0.05) is 6.07 Å². The zero-order chi connectivity index (χ0) is 17.3. The molecule has 1 N–H and O–H groups in total. The van der Waals surface area contributed by atoms with Crippen molar-refractivity contribution in [2.45, 2.75) is 18.1 Å². The zero-order valence-electron chi connectivity index (χ0n) is 13.2. The second kappa shape index (κ2) is 6.25. The van der Waals surface area contributed by atoms with Crippen molar-refractivity contribution in [3.8, 4) is 16.5 Å². The molecule has 126 valence electrons. The molecule has 0 amide bonds. The monoisotopic (exact) mass is 365 g/mol. The summed E-state index contributed by atoms with van der Waals surface area (Å²) in [5.74, 6) is 1.17. The summed E-state index contributed by atoms with van der Waals surface area (Å²) >= 11 is 1.06. The number of ether oxygens (including phenoxy) is 1. The van der Waals surface area contributed by atoms with Gasteiger partial charge < -0.3 is 9.15 Å². The van der Waals surface area contributed by atoms with E-state index in [2.05, 4.69) is 14.9 Å². The minimum atomic E-state index is -3.74. The normalized spacial score (nSPS) is 11.5. The molecular formula is C15H15N3O4S2. The van der Waals surface area contributed by atoms with Crippen LogP contribution < -0.4 is 9.46 Å². The van der Waals surface area contributed by atoms with Crippen molar-refractivity contribution < 1.29 is 17.6 Å². The highest BCUT2D eigenvalue weighted by atomic mass is 32.2. The first-order chi connectivity index (χ1) is 11.4. The largest absolute Gasteiger partial charge is 0.495 e. The number of methoxy groups -OCH3 is 1. The Morgan fingerprint density at radius 1 is 1.17 bits per heavy atom. The van der Waals surface area contributed by atoms with Crippen molar-refractivity contribution in [1.29, 1.82) is 0 Å². The van der Waals surface area contributed by atoms with Crippen LogP contribution in [0.15, 0.2) is 39.0 Å². The van der Waals surface area contributed by atoms with Crippen LogP contribution in [0.1, 0.15) is 11.5 Å². The van der Waals surface area contributed by atoms with Crippen LogP contribution in [0.25, 0.3) is 10.8 Å². The molecule has 0 saturated heterocycles. The summed E-state index contributed by atoms with van der Waals surface area (Å²) in [6, 6.07) is 8.42. The number of rotatable bonds is 5. The molecule has 2 aromatic heterocycles. The molecule has 3 aromatic rings. The molecule has 0 bridgehead atoms. The van der Waals surface area contributed by atoms with Crippen molar-refractivity contribution in [3.05, 3.63) is 41.8 Å². The lowest BCUT2D eigenvalue weighted by Crippen LogP contribution is -2.12. The van der Waals surface area contributed by atoms with Crippen LogP contribution in [0.5, 0.6) is 5.75 Å². The van der Waals surface area contributed by atoms with Crippen molar-refractivity contribution >= 4 is 27.0 Å². The first-order valence-corrected chi connectivity index (χ1v) is 9.27. The molecule has 7 nitrogen and oxygen atoms in total. The average molecular weight is 365 g/mol. The van der Waals surface area contributed by atoms with E-state index in [0.717, 1.165) is 16.9 Å². The van der Waals surface area contributed by atoms with Crippen LogP contribution >= 0.6 is 11.3 Å². The summed E-state index contributed by atoms with van der Waals surface area (Å²) in [4.78, 5) is 0.590. The van der Waals surface area contributed by atoms with Gasteiger partial charge in [0.2, 0.25) is 5.89 Å². The van der Waals surface area contributed by atoms with Crippen LogP contribution in [0.3, 0.4) is 0 Å². The fraction of sp³-hybridized carbons (Fsp3) is 0.200. The summed E-state index contributed by atoms with van der Waals surface area (Å²) < 4.78 is 38.4. The lowest BCUT2D eigenvalue weighted by Gasteiger charge is -2.11. The summed E-state index contributed by atoms with van der Waals surface area (Å²) in [5.41, 5.74) is 1.31. The molecule has 0 saturated carbocycles. The molecule has 0 atom stereocenters. The van der Waals surface area contributed by atoms with E-state index in [1.165, 1.54) is 13.2 Å². The Morgan fingerprint density at radius 2 is 1.96 bits per heavy atom. The number of sulfonamides is 1. The third kappa shape index (κ3) is 3.26. The molecular weight excluding hydrogens is 350 g/mol. The lowest BCUT2D eigenvalue weighted by atomic mass is 10.2. The molecule has 0 unspecified atom stereocenters. The Morgan fingerprint density at radius 3 is 2.62 bits per heavy atom. The molecule has 0 spiro atoms. The number of hydrogen-bond acceptors (Lipinski definition) is 7. The highest BCUT2D eigenvalue weighted by Crippen LogP contribution is 2.33. The van der Waals surface area contributed by atoms with E-state index < -0.39 is 10.0 Å². The smallest absolute Gasteiger partial charge is 0.271 e. The molecule has 3 rings (SSSR count). The molecule has 24 heavy (non-hydrogen) atoms. The summed E-state index contributed by atoms with van der Waals surface area (Å²) in [6.45, 7) is 3.55. The van der Waals surface area contributed by atoms with E-state index in [1.54, 1.807) is 25.1 Å². The maximum atomic E-state index is 12.6. The van der Waals surface area contributed by atoms with E-state index >= 15 is 0 Å². The average Bonchev–Trinajstić information content (AvgIpc) is 3.16. The van der Waals surface area contributed by atoms with Crippen LogP contribution in [-0.2, 0) is 10.0 Å². The third-order valence-electron chi connectivity index (χ3n) is 3.18. The molecule has 0 aliphatic carbocycles. The highest BCUT2D eigenvalue weighted by molar-refractivity contribution is 7.94. The highest BCUT2D eigenvalue weighted by Gasteiger charge is 2.21. The quantitative estimate of drug-likeness (QED) is 0.746. The molecule has 0 aliphatic rings. The van der Waals surface area contributed by atoms with Gasteiger partial charge in [0.1, 0.15) is 9.96 Å². The van der Waals surface area contributed by atoms with Gasteiger partial charge in [0.25, 0.3) is 15.9 Å². The summed E-state index contributed by atoms with van der Waals surface area (Å²) in [6.07, 6.45) is 0. The Balaban J connectivity index is 1.92. The maximum absolute atomic E-state index is 12.6. The Kier molecular flexibility index (Phi) is 4.29. The van der Waals surface area contributed by atoms with E-state index in [1.807, 2.05) is 13.0 Å². The second-order valence-electron chi connectivity index (χ2n) is 5.05. The fourth-order valence-electron chi connectivity index (χ4n) is 2.07. The van der Waals surface area contributed by atoms with E-state index in [-0.39, 0.29) is 4.21 Å². The Labute approximate surface area is 143 Å². The van der Waals surface area contributed by atoms with Gasteiger partial charge in [-0.3, -0.25) is 4.72 Å². The van der Waals surface area contributed by atoms with Gasteiger partial charge in [0.05, 0.1) is 17.7 Å². The van der Waals surface area contributed by atoms with E-state index in [9.17, 15) is 8.42 Å². The molecule has 9 heteroatoms. The van der Waals surface area contributed by atoms with Gasteiger partial charge in [0.15, 0.2) is 0 Å². The summed E-state index contributed by atoms with van der Waals surface area (Å²) in [7, 11) is -2.25. The first-order valence-electron chi connectivity index (χ1n) is 6.97. The first kappa shape index (κ1) is 16.5. The molecule has 0 aliphatic heterocycles. The molecule has 0 fully saturated rings. The summed E-state index contributed by atoms with van der Waals surface area (Å²) in [5, 5.41) is 7.64. The van der Waals surface area contributed by atoms with Crippen LogP contribution in [0.2, 0.25) is 0 Å². The van der Waals surface area contributed by atoms with Gasteiger partial charge in [-0.25, -0.2) is 8.42 Å².